The Morgan fingerprint density at radius 3 is 1.77 bits per heavy atom. The fourth-order valence-electron chi connectivity index (χ4n) is 2.19. The zero-order valence-electron chi connectivity index (χ0n) is 14.0. The monoisotopic (exact) mass is 301 g/mol. The molecule has 4 heteroatoms. The summed E-state index contributed by atoms with van der Waals surface area (Å²) in [4.78, 5) is 11.0. The van der Waals surface area contributed by atoms with Crippen LogP contribution in [0.2, 0.25) is 0 Å². The second kappa shape index (κ2) is 5.84. The average Bonchev–Trinajstić information content (AvgIpc) is 2.34. The van der Waals surface area contributed by atoms with Gasteiger partial charge in [-0.2, -0.15) is 5.26 Å². The molecule has 1 aromatic carbocycles. The van der Waals surface area contributed by atoms with E-state index in [9.17, 15) is 9.90 Å². The summed E-state index contributed by atoms with van der Waals surface area (Å²) in [6.07, 6.45) is 1.34. The summed E-state index contributed by atoms with van der Waals surface area (Å²) < 4.78 is 0. The van der Waals surface area contributed by atoms with Gasteiger partial charge in [0.1, 0.15) is 17.4 Å². The minimum Gasteiger partial charge on any atom is -0.507 e. The van der Waals surface area contributed by atoms with Gasteiger partial charge in [0.2, 0.25) is 0 Å². The van der Waals surface area contributed by atoms with Gasteiger partial charge in [-0.15, -0.1) is 0 Å². The van der Waals surface area contributed by atoms with Crippen molar-refractivity contribution in [2.75, 3.05) is 0 Å². The van der Waals surface area contributed by atoms with Crippen molar-refractivity contribution in [1.29, 1.82) is 5.26 Å². The van der Waals surface area contributed by atoms with Crippen LogP contribution in [-0.4, -0.2) is 16.2 Å². The first-order chi connectivity index (χ1) is 9.87. The number of hydrogen-bond donors (Lipinski definition) is 2. The maximum absolute atomic E-state index is 11.0. The predicted octanol–water partition coefficient (Wildman–Crippen LogP) is 3.98. The van der Waals surface area contributed by atoms with E-state index in [0.29, 0.717) is 5.56 Å². The van der Waals surface area contributed by atoms with E-state index in [0.717, 1.165) is 11.1 Å². The van der Waals surface area contributed by atoms with Crippen molar-refractivity contribution in [2.45, 2.75) is 52.4 Å². The van der Waals surface area contributed by atoms with Crippen molar-refractivity contribution < 1.29 is 15.0 Å². The minimum absolute atomic E-state index is 0.228. The number of aromatic hydroxyl groups is 1. The summed E-state index contributed by atoms with van der Waals surface area (Å²) in [7, 11) is 0. The summed E-state index contributed by atoms with van der Waals surface area (Å²) >= 11 is 0. The first-order valence-corrected chi connectivity index (χ1v) is 7.11. The van der Waals surface area contributed by atoms with E-state index >= 15 is 0 Å². The van der Waals surface area contributed by atoms with Crippen molar-refractivity contribution in [1.82, 2.24) is 0 Å². The lowest BCUT2D eigenvalue weighted by Gasteiger charge is -2.27. The van der Waals surface area contributed by atoms with Crippen molar-refractivity contribution >= 4 is 12.0 Å². The average molecular weight is 301 g/mol. The number of carbonyl (C=O) groups is 1. The van der Waals surface area contributed by atoms with Crippen LogP contribution in [0.4, 0.5) is 0 Å². The molecule has 0 aliphatic rings. The van der Waals surface area contributed by atoms with Crippen LogP contribution >= 0.6 is 0 Å². The first-order valence-electron chi connectivity index (χ1n) is 7.11. The molecule has 0 aromatic heterocycles. The van der Waals surface area contributed by atoms with Crippen LogP contribution in [0.15, 0.2) is 17.7 Å². The molecule has 1 rings (SSSR count). The normalized spacial score (nSPS) is 12.9. The fourth-order valence-corrected chi connectivity index (χ4v) is 2.19. The summed E-state index contributed by atoms with van der Waals surface area (Å²) in [6, 6.07) is 5.16. The van der Waals surface area contributed by atoms with E-state index in [-0.39, 0.29) is 22.2 Å². The number of nitriles is 1. The molecule has 118 valence electrons. The Kier molecular flexibility index (Phi) is 4.72. The van der Waals surface area contributed by atoms with Gasteiger partial charge in [-0.25, -0.2) is 4.79 Å². The highest BCUT2D eigenvalue weighted by molar-refractivity contribution is 5.96. The van der Waals surface area contributed by atoms with E-state index in [1.807, 2.05) is 41.5 Å². The third-order valence-corrected chi connectivity index (χ3v) is 3.41. The molecule has 0 fully saturated rings. The molecule has 0 atom stereocenters. The van der Waals surface area contributed by atoms with Gasteiger partial charge in [0.15, 0.2) is 0 Å². The Bertz CT molecular complexity index is 630. The van der Waals surface area contributed by atoms with E-state index in [1.165, 1.54) is 6.08 Å². The SMILES string of the molecule is CC(C)(C)c1cc(/C=C(\C#N)C(=O)O)cc(C(C)(C)C)c1O. The molecule has 4 nitrogen and oxygen atoms in total. The highest BCUT2D eigenvalue weighted by atomic mass is 16.4. The Labute approximate surface area is 131 Å². The number of carboxylic acid groups (broad SMARTS) is 1. The van der Waals surface area contributed by atoms with Gasteiger partial charge in [-0.05, 0) is 34.6 Å². The van der Waals surface area contributed by atoms with Gasteiger partial charge in [0, 0.05) is 11.1 Å². The van der Waals surface area contributed by atoms with Gasteiger partial charge >= 0.3 is 5.97 Å². The van der Waals surface area contributed by atoms with E-state index in [1.54, 1.807) is 18.2 Å². The zero-order valence-corrected chi connectivity index (χ0v) is 14.0. The van der Waals surface area contributed by atoms with Gasteiger partial charge < -0.3 is 10.2 Å². The standard InChI is InChI=1S/C18H23NO3/c1-17(2,3)13-8-11(7-12(10-19)16(21)22)9-14(15(13)20)18(4,5)6/h7-9,20H,1-6H3,(H,21,22)/b12-7+. The predicted molar refractivity (Wildman–Crippen MR) is 86.7 cm³/mol. The zero-order chi connectivity index (χ0) is 17.3. The topological polar surface area (TPSA) is 81.3 Å². The molecule has 0 spiro atoms. The van der Waals surface area contributed by atoms with Crippen LogP contribution in [0.1, 0.15) is 58.2 Å². The van der Waals surface area contributed by atoms with Crippen LogP contribution in [0.3, 0.4) is 0 Å². The summed E-state index contributed by atoms with van der Waals surface area (Å²) in [5.74, 6) is -1.03. The number of benzene rings is 1. The molecule has 0 amide bonds. The molecule has 0 radical (unpaired) electrons. The number of phenolic OH excluding ortho intramolecular Hbond substituents is 1. The largest absolute Gasteiger partial charge is 0.507 e. The van der Waals surface area contributed by atoms with Gasteiger partial charge in [-0.3, -0.25) is 0 Å². The number of nitrogens with zero attached hydrogens (tertiary/aromatic N) is 1. The molecule has 22 heavy (non-hydrogen) atoms. The summed E-state index contributed by atoms with van der Waals surface area (Å²) in [5, 5.41) is 28.5. The Morgan fingerprint density at radius 2 is 1.50 bits per heavy atom. The lowest BCUT2D eigenvalue weighted by molar-refractivity contribution is -0.132. The number of aliphatic carboxylic acids is 1. The van der Waals surface area contributed by atoms with Crippen LogP contribution in [0.25, 0.3) is 6.08 Å². The highest BCUT2D eigenvalue weighted by Crippen LogP contribution is 2.40. The van der Waals surface area contributed by atoms with Crippen LogP contribution in [0, 0.1) is 11.3 Å². The van der Waals surface area contributed by atoms with E-state index < -0.39 is 5.97 Å². The second-order valence-electron chi connectivity index (χ2n) is 7.44. The fraction of sp³-hybridized carbons (Fsp3) is 0.444. The first kappa shape index (κ1) is 17.8. The summed E-state index contributed by atoms with van der Waals surface area (Å²) in [6.45, 7) is 11.9. The molecule has 0 saturated carbocycles. The van der Waals surface area contributed by atoms with Crippen molar-refractivity contribution in [3.63, 3.8) is 0 Å². The molecule has 0 saturated heterocycles. The molecule has 1 aromatic rings. The molecular formula is C18H23NO3. The highest BCUT2D eigenvalue weighted by Gasteiger charge is 2.26. The van der Waals surface area contributed by atoms with Crippen LogP contribution < -0.4 is 0 Å². The maximum Gasteiger partial charge on any atom is 0.346 e. The quantitative estimate of drug-likeness (QED) is 0.639. The third kappa shape index (κ3) is 3.88. The number of carboxylic acids is 1. The van der Waals surface area contributed by atoms with Crippen molar-refractivity contribution in [2.24, 2.45) is 0 Å². The number of hydrogen-bond acceptors (Lipinski definition) is 3. The maximum atomic E-state index is 11.0. The molecule has 0 aliphatic heterocycles. The Hall–Kier alpha value is -2.28. The Morgan fingerprint density at radius 1 is 1.09 bits per heavy atom. The lowest BCUT2D eigenvalue weighted by Crippen LogP contribution is -2.17. The van der Waals surface area contributed by atoms with Gasteiger partial charge in [0.05, 0.1) is 0 Å². The minimum atomic E-state index is -1.26. The molecule has 0 bridgehead atoms. The van der Waals surface area contributed by atoms with Crippen molar-refractivity contribution in [3.05, 3.63) is 34.4 Å². The number of phenols is 1. The van der Waals surface area contributed by atoms with Crippen molar-refractivity contribution in [3.8, 4) is 11.8 Å². The van der Waals surface area contributed by atoms with E-state index in [4.69, 9.17) is 10.4 Å². The molecule has 0 aliphatic carbocycles. The van der Waals surface area contributed by atoms with Crippen LogP contribution in [0.5, 0.6) is 5.75 Å². The Balaban J connectivity index is 3.70. The van der Waals surface area contributed by atoms with Crippen LogP contribution in [-0.2, 0) is 15.6 Å². The lowest BCUT2D eigenvalue weighted by atomic mass is 9.78. The molecule has 2 N–H and O–H groups in total. The third-order valence-electron chi connectivity index (χ3n) is 3.41. The number of rotatable bonds is 2. The molecular weight excluding hydrogens is 278 g/mol. The second-order valence-corrected chi connectivity index (χ2v) is 7.44. The molecule has 0 unspecified atom stereocenters. The molecule has 0 heterocycles. The van der Waals surface area contributed by atoms with E-state index in [2.05, 4.69) is 0 Å². The smallest absolute Gasteiger partial charge is 0.346 e. The summed E-state index contributed by atoms with van der Waals surface area (Å²) in [5.41, 5.74) is 1.13. The van der Waals surface area contributed by atoms with Gasteiger partial charge in [-0.1, -0.05) is 41.5 Å². The van der Waals surface area contributed by atoms with Gasteiger partial charge in [0.25, 0.3) is 0 Å².